The largest absolute Gasteiger partial charge is 0.490 e. The molecular formula is C20H24F3N3O5. The number of carboxylic acids is 1. The van der Waals surface area contributed by atoms with E-state index >= 15 is 0 Å². The van der Waals surface area contributed by atoms with Crippen LogP contribution in [0.25, 0.3) is 0 Å². The van der Waals surface area contributed by atoms with Gasteiger partial charge in [-0.1, -0.05) is 0 Å². The number of fused-ring (bicyclic) bond motifs is 1. The number of hydrogen-bond acceptors (Lipinski definition) is 5. The second kappa shape index (κ2) is 9.56. The SMILES string of the molecule is Cn1cccc1C(=O)NC[C@H]1CO[C@@H]2CN(Cc3ccoc3)C[C@H]12.O=C(O)C(F)(F)F. The van der Waals surface area contributed by atoms with E-state index < -0.39 is 12.1 Å². The van der Waals surface area contributed by atoms with Crippen molar-refractivity contribution in [3.05, 3.63) is 48.2 Å². The third-order valence-corrected chi connectivity index (χ3v) is 5.44. The number of carboxylic acid groups (broad SMARTS) is 1. The van der Waals surface area contributed by atoms with Gasteiger partial charge in [0.05, 0.1) is 25.2 Å². The lowest BCUT2D eigenvalue weighted by atomic mass is 9.93. The lowest BCUT2D eigenvalue weighted by Crippen LogP contribution is -2.34. The Morgan fingerprint density at radius 2 is 2.03 bits per heavy atom. The van der Waals surface area contributed by atoms with Crippen LogP contribution in [0.5, 0.6) is 0 Å². The smallest absolute Gasteiger partial charge is 0.475 e. The number of halogens is 3. The number of aromatic nitrogens is 1. The average Bonchev–Trinajstić information content (AvgIpc) is 3.46. The molecule has 4 rings (SSSR count). The van der Waals surface area contributed by atoms with Crippen molar-refractivity contribution in [2.75, 3.05) is 26.2 Å². The van der Waals surface area contributed by atoms with Crippen molar-refractivity contribution >= 4 is 11.9 Å². The van der Waals surface area contributed by atoms with Crippen LogP contribution in [0.15, 0.2) is 41.3 Å². The first kappa shape index (κ1) is 22.9. The maximum atomic E-state index is 12.3. The molecule has 0 radical (unpaired) electrons. The highest BCUT2D eigenvalue weighted by Gasteiger charge is 2.43. The van der Waals surface area contributed by atoms with E-state index in [1.807, 2.05) is 36.0 Å². The minimum absolute atomic E-state index is 0.0146. The molecule has 2 saturated heterocycles. The van der Waals surface area contributed by atoms with Gasteiger partial charge in [0.25, 0.3) is 5.91 Å². The molecule has 2 aromatic heterocycles. The zero-order valence-corrected chi connectivity index (χ0v) is 16.8. The molecule has 2 aliphatic heterocycles. The summed E-state index contributed by atoms with van der Waals surface area (Å²) in [4.78, 5) is 23.6. The van der Waals surface area contributed by atoms with Crippen LogP contribution in [0.3, 0.4) is 0 Å². The number of aliphatic carboxylic acids is 1. The van der Waals surface area contributed by atoms with Crippen LogP contribution in [-0.2, 0) is 23.1 Å². The topological polar surface area (TPSA) is 96.9 Å². The number of alkyl halides is 3. The monoisotopic (exact) mass is 443 g/mol. The van der Waals surface area contributed by atoms with E-state index in [2.05, 4.69) is 10.2 Å². The minimum atomic E-state index is -5.08. The van der Waals surface area contributed by atoms with Gasteiger partial charge in [0.2, 0.25) is 0 Å². The number of amides is 1. The van der Waals surface area contributed by atoms with Crippen molar-refractivity contribution in [3.8, 4) is 0 Å². The van der Waals surface area contributed by atoms with Crippen molar-refractivity contribution in [3.63, 3.8) is 0 Å². The number of aryl methyl sites for hydroxylation is 1. The Kier molecular flexibility index (Phi) is 7.06. The van der Waals surface area contributed by atoms with E-state index in [0.717, 1.165) is 26.2 Å². The summed E-state index contributed by atoms with van der Waals surface area (Å²) in [6.45, 7) is 4.28. The van der Waals surface area contributed by atoms with E-state index in [0.29, 0.717) is 24.1 Å². The van der Waals surface area contributed by atoms with Gasteiger partial charge < -0.3 is 24.1 Å². The van der Waals surface area contributed by atoms with E-state index in [4.69, 9.17) is 19.1 Å². The van der Waals surface area contributed by atoms with Gasteiger partial charge in [0.15, 0.2) is 0 Å². The molecule has 0 unspecified atom stereocenters. The Labute approximate surface area is 176 Å². The number of nitrogens with zero attached hydrogens (tertiary/aromatic N) is 2. The van der Waals surface area contributed by atoms with Crippen LogP contribution >= 0.6 is 0 Å². The summed E-state index contributed by atoms with van der Waals surface area (Å²) in [5.41, 5.74) is 1.89. The van der Waals surface area contributed by atoms with Gasteiger partial charge in [-0.3, -0.25) is 9.69 Å². The first-order valence-corrected chi connectivity index (χ1v) is 9.70. The third-order valence-electron chi connectivity index (χ3n) is 5.44. The number of ether oxygens (including phenoxy) is 1. The maximum Gasteiger partial charge on any atom is 0.490 e. The normalized spacial score (nSPS) is 23.2. The predicted molar refractivity (Wildman–Crippen MR) is 102 cm³/mol. The molecule has 31 heavy (non-hydrogen) atoms. The Balaban J connectivity index is 0.000000339. The molecule has 2 aromatic rings. The molecule has 2 aliphatic rings. The first-order chi connectivity index (χ1) is 14.6. The average molecular weight is 443 g/mol. The molecule has 170 valence electrons. The summed E-state index contributed by atoms with van der Waals surface area (Å²) in [7, 11) is 1.88. The fraction of sp³-hybridized carbons (Fsp3) is 0.500. The highest BCUT2D eigenvalue weighted by molar-refractivity contribution is 5.92. The number of furan rings is 1. The Morgan fingerprint density at radius 1 is 1.29 bits per heavy atom. The summed E-state index contributed by atoms with van der Waals surface area (Å²) in [5, 5.41) is 10.2. The highest BCUT2D eigenvalue weighted by atomic mass is 19.4. The maximum absolute atomic E-state index is 12.3. The number of carbonyl (C=O) groups excluding carboxylic acids is 1. The lowest BCUT2D eigenvalue weighted by molar-refractivity contribution is -0.192. The molecule has 2 N–H and O–H groups in total. The molecule has 0 bridgehead atoms. The number of carbonyl (C=O) groups is 2. The quantitative estimate of drug-likeness (QED) is 0.735. The van der Waals surface area contributed by atoms with Gasteiger partial charge in [-0.15, -0.1) is 0 Å². The van der Waals surface area contributed by atoms with Crippen LogP contribution < -0.4 is 5.32 Å². The molecule has 0 spiro atoms. The molecule has 3 atom stereocenters. The summed E-state index contributed by atoms with van der Waals surface area (Å²) in [6, 6.07) is 5.73. The Bertz CT molecular complexity index is 881. The minimum Gasteiger partial charge on any atom is -0.475 e. The first-order valence-electron chi connectivity index (χ1n) is 9.70. The molecule has 0 aliphatic carbocycles. The van der Waals surface area contributed by atoms with Crippen molar-refractivity contribution in [2.45, 2.75) is 18.8 Å². The van der Waals surface area contributed by atoms with Gasteiger partial charge in [0.1, 0.15) is 5.69 Å². The fourth-order valence-corrected chi connectivity index (χ4v) is 3.87. The zero-order valence-electron chi connectivity index (χ0n) is 16.8. The van der Waals surface area contributed by atoms with Gasteiger partial charge >= 0.3 is 12.1 Å². The van der Waals surface area contributed by atoms with Crippen LogP contribution in [0.1, 0.15) is 16.1 Å². The summed E-state index contributed by atoms with van der Waals surface area (Å²) in [5.74, 6) is -1.90. The second-order valence-corrected chi connectivity index (χ2v) is 7.64. The molecule has 2 fully saturated rings. The predicted octanol–water partition coefficient (Wildman–Crippen LogP) is 2.13. The zero-order chi connectivity index (χ0) is 22.6. The highest BCUT2D eigenvalue weighted by Crippen LogP contribution is 2.34. The molecular weight excluding hydrogens is 419 g/mol. The van der Waals surface area contributed by atoms with Gasteiger partial charge in [0, 0.05) is 56.8 Å². The van der Waals surface area contributed by atoms with Crippen molar-refractivity contribution < 1.29 is 37.0 Å². The van der Waals surface area contributed by atoms with Crippen LogP contribution in [0.4, 0.5) is 13.2 Å². The molecule has 0 saturated carbocycles. The number of hydrogen-bond donors (Lipinski definition) is 2. The van der Waals surface area contributed by atoms with Crippen LogP contribution in [0, 0.1) is 11.8 Å². The second-order valence-electron chi connectivity index (χ2n) is 7.64. The van der Waals surface area contributed by atoms with Crippen molar-refractivity contribution in [1.82, 2.24) is 14.8 Å². The lowest BCUT2D eigenvalue weighted by Gasteiger charge is -2.19. The van der Waals surface area contributed by atoms with E-state index in [-0.39, 0.29) is 12.0 Å². The third kappa shape index (κ3) is 5.88. The standard InChI is InChI=1S/C18H23N3O3.C2HF3O2/c1-20-5-2-3-16(20)18(22)19-7-14-12-24-17-10-21(9-15(14)17)8-13-4-6-23-11-13;3-2(4,5)1(6)7/h2-6,11,14-15,17H,7-10,12H2,1H3,(H,19,22);(H,6,7)/t14-,15+,17+;/m0./s1. The summed E-state index contributed by atoms with van der Waals surface area (Å²) < 4.78 is 44.7. The van der Waals surface area contributed by atoms with Crippen molar-refractivity contribution in [2.24, 2.45) is 18.9 Å². The van der Waals surface area contributed by atoms with Crippen LogP contribution in [-0.4, -0.2) is 65.0 Å². The summed E-state index contributed by atoms with van der Waals surface area (Å²) >= 11 is 0. The summed E-state index contributed by atoms with van der Waals surface area (Å²) in [6.07, 6.45) is 0.597. The molecule has 1 amide bonds. The number of likely N-dealkylation sites (tertiary alicyclic amines) is 1. The van der Waals surface area contributed by atoms with E-state index in [1.165, 1.54) is 5.56 Å². The molecule has 4 heterocycles. The van der Waals surface area contributed by atoms with E-state index in [1.54, 1.807) is 12.5 Å². The Hall–Kier alpha value is -2.79. The fourth-order valence-electron chi connectivity index (χ4n) is 3.87. The van der Waals surface area contributed by atoms with Crippen LogP contribution in [0.2, 0.25) is 0 Å². The van der Waals surface area contributed by atoms with E-state index in [9.17, 15) is 18.0 Å². The van der Waals surface area contributed by atoms with Gasteiger partial charge in [-0.05, 0) is 18.2 Å². The molecule has 8 nitrogen and oxygen atoms in total. The van der Waals surface area contributed by atoms with Gasteiger partial charge in [-0.25, -0.2) is 4.79 Å². The van der Waals surface area contributed by atoms with Crippen molar-refractivity contribution in [1.29, 1.82) is 0 Å². The van der Waals surface area contributed by atoms with Gasteiger partial charge in [-0.2, -0.15) is 13.2 Å². The number of nitrogens with one attached hydrogen (secondary N) is 1. The number of rotatable bonds is 5. The molecule has 0 aromatic carbocycles. The molecule has 11 heteroatoms. The Morgan fingerprint density at radius 3 is 2.61 bits per heavy atom.